The lowest BCUT2D eigenvalue weighted by molar-refractivity contribution is -0.129. The number of hydrogen-bond donors (Lipinski definition) is 0. The normalized spacial score (nSPS) is 22.6. The van der Waals surface area contributed by atoms with Gasteiger partial charge in [-0.1, -0.05) is 15.9 Å². The first-order valence-electron chi connectivity index (χ1n) is 6.48. The van der Waals surface area contributed by atoms with E-state index in [4.69, 9.17) is 0 Å². The Morgan fingerprint density at radius 3 is 2.95 bits per heavy atom. The fourth-order valence-corrected chi connectivity index (χ4v) is 3.37. The molecule has 2 fully saturated rings. The van der Waals surface area contributed by atoms with Gasteiger partial charge in [0.15, 0.2) is 6.29 Å². The lowest BCUT2D eigenvalue weighted by Gasteiger charge is -2.39. The van der Waals surface area contributed by atoms with Gasteiger partial charge in [-0.25, -0.2) is 0 Å². The van der Waals surface area contributed by atoms with E-state index in [1.54, 1.807) is 0 Å². The van der Waals surface area contributed by atoms with Gasteiger partial charge in [0.1, 0.15) is 0 Å². The Hall–Kier alpha value is -1.36. The highest BCUT2D eigenvalue weighted by Gasteiger charge is 2.35. The molecule has 3 rings (SSSR count). The highest BCUT2D eigenvalue weighted by Crippen LogP contribution is 2.29. The van der Waals surface area contributed by atoms with Gasteiger partial charge in [-0.15, -0.1) is 0 Å². The maximum absolute atomic E-state index is 11.7. The van der Waals surface area contributed by atoms with E-state index in [1.165, 1.54) is 0 Å². The van der Waals surface area contributed by atoms with Gasteiger partial charge in [-0.3, -0.25) is 9.59 Å². The number of carbonyl (C=O) groups is 2. The minimum atomic E-state index is 0.274. The molecule has 1 unspecified atom stereocenters. The Morgan fingerprint density at radius 1 is 1.32 bits per heavy atom. The Bertz CT molecular complexity index is 532. The average Bonchev–Trinajstić information content (AvgIpc) is 2.79. The molecule has 0 radical (unpaired) electrons. The predicted molar refractivity (Wildman–Crippen MR) is 76.5 cm³/mol. The van der Waals surface area contributed by atoms with Crippen LogP contribution in [0.4, 0.5) is 5.69 Å². The predicted octanol–water partition coefficient (Wildman–Crippen LogP) is 2.07. The topological polar surface area (TPSA) is 40.6 Å². The molecular weight excluding hydrogens is 308 g/mol. The number of carbonyl (C=O) groups excluding carboxylic acids is 2. The molecule has 19 heavy (non-hydrogen) atoms. The summed E-state index contributed by atoms with van der Waals surface area (Å²) < 4.78 is 0.910. The average molecular weight is 323 g/mol. The zero-order valence-electron chi connectivity index (χ0n) is 10.5. The molecular formula is C14H15BrN2O2. The fourth-order valence-electron chi connectivity index (χ4n) is 2.99. The number of aldehydes is 1. The molecule has 0 saturated carbocycles. The molecule has 1 amide bonds. The summed E-state index contributed by atoms with van der Waals surface area (Å²) in [5, 5.41) is 0. The zero-order valence-corrected chi connectivity index (χ0v) is 12.1. The minimum Gasteiger partial charge on any atom is -0.367 e. The van der Waals surface area contributed by atoms with Crippen LogP contribution >= 0.6 is 15.9 Å². The fraction of sp³-hybridized carbons (Fsp3) is 0.429. The molecule has 2 heterocycles. The molecule has 4 nitrogen and oxygen atoms in total. The lowest BCUT2D eigenvalue weighted by Crippen LogP contribution is -2.51. The molecule has 5 heteroatoms. The third kappa shape index (κ3) is 2.27. The molecule has 1 aromatic carbocycles. The lowest BCUT2D eigenvalue weighted by atomic mass is 10.1. The van der Waals surface area contributed by atoms with Crippen molar-refractivity contribution < 1.29 is 9.59 Å². The van der Waals surface area contributed by atoms with Crippen LogP contribution < -0.4 is 4.90 Å². The van der Waals surface area contributed by atoms with Crippen molar-refractivity contribution in [1.82, 2.24) is 4.90 Å². The van der Waals surface area contributed by atoms with Crippen molar-refractivity contribution in [2.24, 2.45) is 0 Å². The van der Waals surface area contributed by atoms with Gasteiger partial charge in [0.25, 0.3) is 0 Å². The molecule has 2 saturated heterocycles. The smallest absolute Gasteiger partial charge is 0.223 e. The van der Waals surface area contributed by atoms with Crippen LogP contribution in [0.15, 0.2) is 22.7 Å². The van der Waals surface area contributed by atoms with Gasteiger partial charge >= 0.3 is 0 Å². The highest BCUT2D eigenvalue weighted by molar-refractivity contribution is 9.10. The first kappa shape index (κ1) is 12.7. The minimum absolute atomic E-state index is 0.274. The van der Waals surface area contributed by atoms with E-state index in [2.05, 4.69) is 20.8 Å². The number of fused-ring (bicyclic) bond motifs is 1. The summed E-state index contributed by atoms with van der Waals surface area (Å²) in [4.78, 5) is 27.1. The zero-order chi connectivity index (χ0) is 13.4. The number of amides is 1. The molecule has 2 aliphatic heterocycles. The first-order valence-corrected chi connectivity index (χ1v) is 7.27. The maximum atomic E-state index is 11.7. The molecule has 100 valence electrons. The Balaban J connectivity index is 1.84. The van der Waals surface area contributed by atoms with Gasteiger partial charge in [-0.05, 0) is 24.6 Å². The van der Waals surface area contributed by atoms with Gasteiger partial charge < -0.3 is 9.80 Å². The van der Waals surface area contributed by atoms with E-state index >= 15 is 0 Å². The monoisotopic (exact) mass is 322 g/mol. The van der Waals surface area contributed by atoms with Crippen LogP contribution in [-0.2, 0) is 4.79 Å². The number of piperazine rings is 1. The SMILES string of the molecule is O=Cc1cc(Br)ccc1N1CCN2C(=O)CCC2C1. The third-order valence-corrected chi connectivity index (χ3v) is 4.44. The molecule has 2 aliphatic rings. The Labute approximate surface area is 120 Å². The maximum Gasteiger partial charge on any atom is 0.223 e. The first-order chi connectivity index (χ1) is 9.19. The summed E-state index contributed by atoms with van der Waals surface area (Å²) in [7, 11) is 0. The van der Waals surface area contributed by atoms with Crippen LogP contribution in [0.2, 0.25) is 0 Å². The second-order valence-corrected chi connectivity index (χ2v) is 5.96. The quantitative estimate of drug-likeness (QED) is 0.783. The molecule has 0 spiro atoms. The molecule has 1 atom stereocenters. The molecule has 0 aromatic heterocycles. The number of rotatable bonds is 2. The van der Waals surface area contributed by atoms with Crippen LogP contribution in [-0.4, -0.2) is 42.8 Å². The molecule has 0 N–H and O–H groups in total. The van der Waals surface area contributed by atoms with Crippen LogP contribution in [0, 0.1) is 0 Å². The van der Waals surface area contributed by atoms with E-state index < -0.39 is 0 Å². The van der Waals surface area contributed by atoms with Gasteiger partial charge in [0.2, 0.25) is 5.91 Å². The van der Waals surface area contributed by atoms with Gasteiger partial charge in [0, 0.05) is 47.8 Å². The number of anilines is 1. The number of hydrogen-bond acceptors (Lipinski definition) is 3. The second kappa shape index (κ2) is 4.96. The summed E-state index contributed by atoms with van der Waals surface area (Å²) in [6.45, 7) is 2.39. The van der Waals surface area contributed by atoms with Crippen molar-refractivity contribution in [2.75, 3.05) is 24.5 Å². The van der Waals surface area contributed by atoms with Crippen molar-refractivity contribution in [1.29, 1.82) is 0 Å². The van der Waals surface area contributed by atoms with Crippen molar-refractivity contribution in [2.45, 2.75) is 18.9 Å². The van der Waals surface area contributed by atoms with Crippen LogP contribution in [0.1, 0.15) is 23.2 Å². The Morgan fingerprint density at radius 2 is 2.16 bits per heavy atom. The standard InChI is InChI=1S/C14H15BrN2O2/c15-11-1-3-13(10(7-11)9-18)16-5-6-17-12(8-16)2-4-14(17)19/h1,3,7,9,12H,2,4-6,8H2. The van der Waals surface area contributed by atoms with Crippen molar-refractivity contribution in [3.63, 3.8) is 0 Å². The van der Waals surface area contributed by atoms with E-state index in [9.17, 15) is 9.59 Å². The van der Waals surface area contributed by atoms with Crippen LogP contribution in [0.3, 0.4) is 0 Å². The summed E-state index contributed by atoms with van der Waals surface area (Å²) in [5.74, 6) is 0.274. The molecule has 1 aromatic rings. The summed E-state index contributed by atoms with van der Waals surface area (Å²) in [5.41, 5.74) is 1.67. The Kier molecular flexibility index (Phi) is 3.31. The van der Waals surface area contributed by atoms with Crippen molar-refractivity contribution in [3.8, 4) is 0 Å². The number of benzene rings is 1. The van der Waals surface area contributed by atoms with Crippen molar-refractivity contribution >= 4 is 33.8 Å². The van der Waals surface area contributed by atoms with E-state index in [1.807, 2.05) is 23.1 Å². The van der Waals surface area contributed by atoms with Crippen LogP contribution in [0.25, 0.3) is 0 Å². The number of nitrogens with zero attached hydrogens (tertiary/aromatic N) is 2. The third-order valence-electron chi connectivity index (χ3n) is 3.95. The summed E-state index contributed by atoms with van der Waals surface area (Å²) in [6.07, 6.45) is 2.49. The highest BCUT2D eigenvalue weighted by atomic mass is 79.9. The number of halogens is 1. The van der Waals surface area contributed by atoms with Crippen molar-refractivity contribution in [3.05, 3.63) is 28.2 Å². The van der Waals surface area contributed by atoms with E-state index in [0.29, 0.717) is 18.0 Å². The van der Waals surface area contributed by atoms with E-state index in [0.717, 1.165) is 42.5 Å². The molecule has 0 aliphatic carbocycles. The summed E-state index contributed by atoms with van der Waals surface area (Å²) in [6, 6.07) is 6.08. The van der Waals surface area contributed by atoms with Crippen LogP contribution in [0.5, 0.6) is 0 Å². The summed E-state index contributed by atoms with van der Waals surface area (Å²) >= 11 is 3.38. The largest absolute Gasteiger partial charge is 0.367 e. The van der Waals surface area contributed by atoms with Gasteiger partial charge in [-0.2, -0.15) is 0 Å². The molecule has 0 bridgehead atoms. The van der Waals surface area contributed by atoms with Gasteiger partial charge in [0.05, 0.1) is 0 Å². The van der Waals surface area contributed by atoms with E-state index in [-0.39, 0.29) is 5.91 Å². The second-order valence-electron chi connectivity index (χ2n) is 5.05.